The molecule has 4 rings (SSSR count). The number of hydrogen-bond acceptors (Lipinski definition) is 5. The summed E-state index contributed by atoms with van der Waals surface area (Å²) in [6, 6.07) is 14.1. The molecule has 0 spiro atoms. The van der Waals surface area contributed by atoms with Gasteiger partial charge in [0.2, 0.25) is 5.91 Å². The standard InChI is InChI=1S/C26H31FN4O2S/c1-17(19-13-15-20(27)16-14-19)28-25(32)18(2)34-26-30-29-24(22-11-7-8-12-23(22)33-3)31(26)21-9-5-4-6-10-21/h7-8,11-18,21H,4-6,9-10H2,1-3H3,(H,28,32)/t17-,18+/m0/s1. The van der Waals surface area contributed by atoms with Gasteiger partial charge in [-0.3, -0.25) is 9.36 Å². The van der Waals surface area contributed by atoms with Gasteiger partial charge in [0.25, 0.3) is 0 Å². The molecule has 1 aromatic heterocycles. The molecule has 1 amide bonds. The summed E-state index contributed by atoms with van der Waals surface area (Å²) in [6.45, 7) is 3.77. The normalized spacial score (nSPS) is 16.1. The molecule has 2 aromatic carbocycles. The number of benzene rings is 2. The second-order valence-electron chi connectivity index (χ2n) is 8.71. The quantitative estimate of drug-likeness (QED) is 0.402. The van der Waals surface area contributed by atoms with Gasteiger partial charge in [0.15, 0.2) is 11.0 Å². The monoisotopic (exact) mass is 482 g/mol. The number of rotatable bonds is 8. The summed E-state index contributed by atoms with van der Waals surface area (Å²) >= 11 is 1.42. The summed E-state index contributed by atoms with van der Waals surface area (Å²) in [6.07, 6.45) is 5.71. The number of nitrogens with one attached hydrogen (secondary N) is 1. The molecule has 1 aliphatic carbocycles. The molecule has 180 valence electrons. The lowest BCUT2D eigenvalue weighted by Gasteiger charge is -2.26. The predicted octanol–water partition coefficient (Wildman–Crippen LogP) is 5.96. The summed E-state index contributed by atoms with van der Waals surface area (Å²) in [7, 11) is 1.66. The molecule has 6 nitrogen and oxygen atoms in total. The highest BCUT2D eigenvalue weighted by Crippen LogP contribution is 2.38. The molecule has 3 aromatic rings. The Hall–Kier alpha value is -2.87. The molecule has 1 heterocycles. The van der Waals surface area contributed by atoms with Gasteiger partial charge < -0.3 is 10.1 Å². The second-order valence-corrected chi connectivity index (χ2v) is 10.0. The number of hydrogen-bond donors (Lipinski definition) is 1. The molecule has 2 atom stereocenters. The zero-order chi connectivity index (χ0) is 24.1. The van der Waals surface area contributed by atoms with Crippen molar-refractivity contribution < 1.29 is 13.9 Å². The Balaban J connectivity index is 1.56. The number of carbonyl (C=O) groups is 1. The Morgan fingerprint density at radius 3 is 2.50 bits per heavy atom. The molecule has 34 heavy (non-hydrogen) atoms. The van der Waals surface area contributed by atoms with Gasteiger partial charge in [0.1, 0.15) is 11.6 Å². The topological polar surface area (TPSA) is 69.0 Å². The van der Waals surface area contributed by atoms with Crippen LogP contribution in [0.1, 0.15) is 63.6 Å². The van der Waals surface area contributed by atoms with Crippen LogP contribution in [0.5, 0.6) is 5.75 Å². The zero-order valence-corrected chi connectivity index (χ0v) is 20.6. The van der Waals surface area contributed by atoms with Gasteiger partial charge in [-0.05, 0) is 56.5 Å². The van der Waals surface area contributed by atoms with Gasteiger partial charge in [-0.1, -0.05) is 55.3 Å². The summed E-state index contributed by atoms with van der Waals surface area (Å²) in [5, 5.41) is 12.5. The van der Waals surface area contributed by atoms with Crippen molar-refractivity contribution >= 4 is 17.7 Å². The molecule has 0 saturated heterocycles. The van der Waals surface area contributed by atoms with E-state index in [9.17, 15) is 9.18 Å². The molecule has 1 fully saturated rings. The van der Waals surface area contributed by atoms with E-state index in [0.717, 1.165) is 40.7 Å². The lowest BCUT2D eigenvalue weighted by atomic mass is 9.95. The van der Waals surface area contributed by atoms with E-state index >= 15 is 0 Å². The smallest absolute Gasteiger partial charge is 0.233 e. The molecule has 1 saturated carbocycles. The van der Waals surface area contributed by atoms with E-state index in [2.05, 4.69) is 20.1 Å². The Morgan fingerprint density at radius 1 is 1.09 bits per heavy atom. The number of para-hydroxylation sites is 1. The minimum absolute atomic E-state index is 0.0983. The molecule has 8 heteroatoms. The largest absolute Gasteiger partial charge is 0.496 e. The highest BCUT2D eigenvalue weighted by Gasteiger charge is 2.28. The molecule has 0 aliphatic heterocycles. The number of aromatic nitrogens is 3. The second kappa shape index (κ2) is 11.0. The number of amides is 1. The van der Waals surface area contributed by atoms with Gasteiger partial charge in [0, 0.05) is 6.04 Å². The van der Waals surface area contributed by atoms with Crippen LogP contribution in [0.4, 0.5) is 4.39 Å². The highest BCUT2D eigenvalue weighted by atomic mass is 32.2. The van der Waals surface area contributed by atoms with Gasteiger partial charge in [-0.2, -0.15) is 0 Å². The predicted molar refractivity (Wildman–Crippen MR) is 132 cm³/mol. The van der Waals surface area contributed by atoms with Crippen molar-refractivity contribution in [3.05, 3.63) is 59.9 Å². The molecular weight excluding hydrogens is 451 g/mol. The van der Waals surface area contributed by atoms with Crippen LogP contribution in [0, 0.1) is 5.82 Å². The Kier molecular flexibility index (Phi) is 7.88. The van der Waals surface area contributed by atoms with Crippen LogP contribution in [-0.2, 0) is 4.79 Å². The lowest BCUT2D eigenvalue weighted by molar-refractivity contribution is -0.120. The molecule has 0 bridgehead atoms. The number of carbonyl (C=O) groups excluding carboxylic acids is 1. The van der Waals surface area contributed by atoms with Crippen LogP contribution in [0.3, 0.4) is 0 Å². The Labute approximate surface area is 204 Å². The van der Waals surface area contributed by atoms with Gasteiger partial charge in [-0.15, -0.1) is 10.2 Å². The van der Waals surface area contributed by atoms with Crippen LogP contribution < -0.4 is 10.1 Å². The van der Waals surface area contributed by atoms with Crippen LogP contribution >= 0.6 is 11.8 Å². The fraction of sp³-hybridized carbons (Fsp3) is 0.423. The average Bonchev–Trinajstić information content (AvgIpc) is 3.28. The summed E-state index contributed by atoms with van der Waals surface area (Å²) in [5.41, 5.74) is 1.76. The van der Waals surface area contributed by atoms with Crippen molar-refractivity contribution in [3.63, 3.8) is 0 Å². The Morgan fingerprint density at radius 2 is 1.79 bits per heavy atom. The fourth-order valence-corrected chi connectivity index (χ4v) is 5.34. The first-order valence-corrected chi connectivity index (χ1v) is 12.7. The van der Waals surface area contributed by atoms with Crippen molar-refractivity contribution in [2.45, 2.75) is 68.4 Å². The van der Waals surface area contributed by atoms with Crippen molar-refractivity contribution in [2.75, 3.05) is 7.11 Å². The first-order valence-electron chi connectivity index (χ1n) is 11.8. The van der Waals surface area contributed by atoms with Crippen molar-refractivity contribution in [2.24, 2.45) is 0 Å². The van der Waals surface area contributed by atoms with E-state index in [0.29, 0.717) is 6.04 Å². The van der Waals surface area contributed by atoms with Crippen LogP contribution in [0.25, 0.3) is 11.4 Å². The summed E-state index contributed by atoms with van der Waals surface area (Å²) < 4.78 is 21.0. The first-order chi connectivity index (χ1) is 16.5. The highest BCUT2D eigenvalue weighted by molar-refractivity contribution is 8.00. The third kappa shape index (κ3) is 5.43. The minimum atomic E-state index is -0.375. The summed E-state index contributed by atoms with van der Waals surface area (Å²) in [4.78, 5) is 13.0. The maximum absolute atomic E-state index is 13.2. The number of thioether (sulfide) groups is 1. The van der Waals surface area contributed by atoms with Crippen LogP contribution in [0.15, 0.2) is 53.7 Å². The SMILES string of the molecule is COc1ccccc1-c1nnc(S[C@H](C)C(=O)N[C@@H](C)c2ccc(F)cc2)n1C1CCCCC1. The van der Waals surface area contributed by atoms with Crippen molar-refractivity contribution in [1.82, 2.24) is 20.1 Å². The van der Waals surface area contributed by atoms with Crippen LogP contribution in [-0.4, -0.2) is 33.0 Å². The van der Waals surface area contributed by atoms with E-state index in [1.807, 2.05) is 38.1 Å². The maximum Gasteiger partial charge on any atom is 0.233 e. The van der Waals surface area contributed by atoms with Gasteiger partial charge >= 0.3 is 0 Å². The van der Waals surface area contributed by atoms with E-state index in [4.69, 9.17) is 4.74 Å². The van der Waals surface area contributed by atoms with Gasteiger partial charge in [0.05, 0.1) is 24.0 Å². The molecular formula is C26H31FN4O2S. The number of ether oxygens (including phenoxy) is 1. The van der Waals surface area contributed by atoms with Crippen LogP contribution in [0.2, 0.25) is 0 Å². The van der Waals surface area contributed by atoms with E-state index in [1.165, 1.54) is 43.2 Å². The number of methoxy groups -OCH3 is 1. The zero-order valence-electron chi connectivity index (χ0n) is 19.8. The number of halogens is 1. The Bertz CT molecular complexity index is 1110. The average molecular weight is 483 g/mol. The third-order valence-electron chi connectivity index (χ3n) is 6.33. The third-order valence-corrected chi connectivity index (χ3v) is 7.39. The molecule has 1 N–H and O–H groups in total. The van der Waals surface area contributed by atoms with Gasteiger partial charge in [-0.25, -0.2) is 4.39 Å². The first kappa shape index (κ1) is 24.3. The number of nitrogens with zero attached hydrogens (tertiary/aromatic N) is 3. The van der Waals surface area contributed by atoms with Crippen molar-refractivity contribution in [1.29, 1.82) is 0 Å². The van der Waals surface area contributed by atoms with E-state index in [1.54, 1.807) is 19.2 Å². The van der Waals surface area contributed by atoms with Crippen molar-refractivity contribution in [3.8, 4) is 17.1 Å². The molecule has 0 unspecified atom stereocenters. The maximum atomic E-state index is 13.2. The summed E-state index contributed by atoms with van der Waals surface area (Å²) in [5.74, 6) is 1.14. The minimum Gasteiger partial charge on any atom is -0.496 e. The molecule has 1 aliphatic rings. The fourth-order valence-electron chi connectivity index (χ4n) is 4.42. The van der Waals surface area contributed by atoms with E-state index < -0.39 is 0 Å². The lowest BCUT2D eigenvalue weighted by Crippen LogP contribution is -2.33. The van der Waals surface area contributed by atoms with E-state index in [-0.39, 0.29) is 23.0 Å². The molecule has 0 radical (unpaired) electrons.